The van der Waals surface area contributed by atoms with Gasteiger partial charge in [0.15, 0.2) is 28.3 Å². The van der Waals surface area contributed by atoms with Crippen molar-refractivity contribution < 1.29 is 8.85 Å². The van der Waals surface area contributed by atoms with Crippen molar-refractivity contribution in [2.45, 2.75) is 91.0 Å². The van der Waals surface area contributed by atoms with Gasteiger partial charge in [-0.15, -0.1) is 0 Å². The number of pyridine rings is 2. The van der Waals surface area contributed by atoms with E-state index >= 15 is 0 Å². The van der Waals surface area contributed by atoms with Crippen molar-refractivity contribution in [2.24, 2.45) is 0 Å². The zero-order chi connectivity index (χ0) is 44.5. The second kappa shape index (κ2) is 17.9. The molecular formula is C46H52Cl2N10O2Si2. The molecule has 6 aromatic heterocycles. The lowest BCUT2D eigenvalue weighted by atomic mass is 10.1. The van der Waals surface area contributed by atoms with Gasteiger partial charge >= 0.3 is 0 Å². The molecular weight excluding hydrogens is 852 g/mol. The first-order chi connectivity index (χ1) is 29.3. The molecule has 16 heteroatoms. The maximum absolute atomic E-state index is 6.35. The first-order valence-corrected chi connectivity index (χ1v) is 27.0. The van der Waals surface area contributed by atoms with Crippen molar-refractivity contribution >= 4 is 61.6 Å². The van der Waals surface area contributed by atoms with Crippen LogP contribution in [0, 0.1) is 0 Å². The Bertz CT molecular complexity index is 2660. The Morgan fingerprint density at radius 3 is 1.31 bits per heavy atom. The van der Waals surface area contributed by atoms with Gasteiger partial charge in [-0.25, -0.2) is 39.3 Å². The highest BCUT2D eigenvalue weighted by Gasteiger charge is 2.38. The first kappa shape index (κ1) is 44.8. The number of rotatable bonds is 10. The average molecular weight is 904 g/mol. The van der Waals surface area contributed by atoms with Gasteiger partial charge in [-0.05, 0) is 108 Å². The smallest absolute Gasteiger partial charge is 0.222 e. The summed E-state index contributed by atoms with van der Waals surface area (Å²) in [6.45, 7) is 23.4. The Balaban J connectivity index is 0.000000186. The van der Waals surface area contributed by atoms with E-state index in [2.05, 4.69) is 97.9 Å². The molecule has 0 radical (unpaired) electrons. The quantitative estimate of drug-likeness (QED) is 0.0965. The molecule has 0 aliphatic rings. The Hall–Kier alpha value is -5.23. The molecule has 0 atom stereocenters. The molecule has 0 saturated carbocycles. The molecule has 0 spiro atoms. The zero-order valence-electron chi connectivity index (χ0n) is 36.9. The van der Waals surface area contributed by atoms with Gasteiger partial charge < -0.3 is 8.85 Å². The first-order valence-electron chi connectivity index (χ1n) is 20.4. The van der Waals surface area contributed by atoms with E-state index < -0.39 is 16.6 Å². The van der Waals surface area contributed by atoms with Gasteiger partial charge in [-0.3, -0.25) is 0 Å². The van der Waals surface area contributed by atoms with Crippen LogP contribution in [0.25, 0.3) is 56.0 Å². The van der Waals surface area contributed by atoms with Gasteiger partial charge in [-0.1, -0.05) is 77.9 Å². The van der Waals surface area contributed by atoms with Gasteiger partial charge in [0.05, 0.1) is 59.4 Å². The molecule has 0 amide bonds. The minimum Gasteiger partial charge on any atom is -0.411 e. The van der Waals surface area contributed by atoms with E-state index in [0.29, 0.717) is 13.2 Å². The zero-order valence-corrected chi connectivity index (χ0v) is 40.4. The summed E-state index contributed by atoms with van der Waals surface area (Å²) in [6.07, 6.45) is 6.98. The highest BCUT2D eigenvalue weighted by Crippen LogP contribution is 2.38. The fourth-order valence-corrected chi connectivity index (χ4v) is 8.16. The standard InChI is InChI=1S/2C23H26ClN5OSi/c2*1-23(2,3)31(4,5)30-15-18-7-6-8-21(27-18)29-20-13-16(9-10-17(20)14-26-29)19-11-12-25-22(24)28-19/h2*6-14H,15H2,1-5H3. The minimum atomic E-state index is -1.85. The Labute approximate surface area is 375 Å². The van der Waals surface area contributed by atoms with Crippen molar-refractivity contribution in [2.75, 3.05) is 0 Å². The SMILES string of the molecule is CC(C)(C)[Si](C)(C)OCc1cccc(-n2ncc3ccc(-c4ccnc(Cl)n4)cc32)n1.CC(C)(C)[Si](C)(C)OCc1cccc(-n2ncc3ccc(-c4ccnc(Cl)n4)cc32)n1. The van der Waals surface area contributed by atoms with Crippen molar-refractivity contribution in [1.29, 1.82) is 0 Å². The second-order valence-electron chi connectivity index (χ2n) is 18.2. The van der Waals surface area contributed by atoms with E-state index in [-0.39, 0.29) is 20.6 Å². The van der Waals surface area contributed by atoms with Crippen LogP contribution in [0.5, 0.6) is 0 Å². The number of hydrogen-bond acceptors (Lipinski definition) is 10. The highest BCUT2D eigenvalue weighted by atomic mass is 35.5. The monoisotopic (exact) mass is 902 g/mol. The normalized spacial score (nSPS) is 12.5. The second-order valence-corrected chi connectivity index (χ2v) is 28.4. The summed E-state index contributed by atoms with van der Waals surface area (Å²) in [4.78, 5) is 26.2. The number of aromatic nitrogens is 10. The number of hydrogen-bond donors (Lipinski definition) is 0. The maximum atomic E-state index is 6.35. The number of nitrogens with zero attached hydrogens (tertiary/aromatic N) is 10. The van der Waals surface area contributed by atoms with Crippen LogP contribution in [0.4, 0.5) is 0 Å². The van der Waals surface area contributed by atoms with Gasteiger partial charge in [0.2, 0.25) is 10.6 Å². The summed E-state index contributed by atoms with van der Waals surface area (Å²) in [5, 5.41) is 11.9. The van der Waals surface area contributed by atoms with E-state index in [9.17, 15) is 0 Å². The molecule has 12 nitrogen and oxygen atoms in total. The predicted octanol–water partition coefficient (Wildman–Crippen LogP) is 12.1. The summed E-state index contributed by atoms with van der Waals surface area (Å²) in [7, 11) is -3.70. The van der Waals surface area contributed by atoms with Crippen LogP contribution in [0.15, 0.2) is 110 Å². The Morgan fingerprint density at radius 2 is 0.935 bits per heavy atom. The third-order valence-electron chi connectivity index (χ3n) is 11.8. The average Bonchev–Trinajstić information content (AvgIpc) is 3.86. The van der Waals surface area contributed by atoms with Crippen molar-refractivity contribution in [1.82, 2.24) is 49.5 Å². The van der Waals surface area contributed by atoms with Crippen LogP contribution in [0.1, 0.15) is 52.9 Å². The van der Waals surface area contributed by atoms with Crippen LogP contribution < -0.4 is 0 Å². The van der Waals surface area contributed by atoms with Crippen molar-refractivity contribution in [3.8, 4) is 34.2 Å². The van der Waals surface area contributed by atoms with E-state index in [1.54, 1.807) is 12.4 Å². The summed E-state index contributed by atoms with van der Waals surface area (Å²) in [5.74, 6) is 1.51. The predicted molar refractivity (Wildman–Crippen MR) is 254 cm³/mol. The summed E-state index contributed by atoms with van der Waals surface area (Å²) in [5.41, 5.74) is 7.09. The lowest BCUT2D eigenvalue weighted by Gasteiger charge is -2.36. The van der Waals surface area contributed by atoms with E-state index in [0.717, 1.165) is 67.3 Å². The summed E-state index contributed by atoms with van der Waals surface area (Å²) < 4.78 is 16.4. The number of fused-ring (bicyclic) bond motifs is 2. The minimum absolute atomic E-state index is 0.156. The summed E-state index contributed by atoms with van der Waals surface area (Å²) in [6, 6.07) is 27.7. The van der Waals surface area contributed by atoms with Gasteiger partial charge in [0.25, 0.3) is 0 Å². The Kier molecular flexibility index (Phi) is 12.9. The molecule has 320 valence electrons. The topological polar surface area (TPSA) is 131 Å². The van der Waals surface area contributed by atoms with Gasteiger partial charge in [0.1, 0.15) is 0 Å². The molecule has 0 aliphatic heterocycles. The van der Waals surface area contributed by atoms with Crippen LogP contribution in [-0.4, -0.2) is 66.1 Å². The van der Waals surface area contributed by atoms with E-state index in [1.807, 2.05) is 107 Å². The molecule has 8 rings (SSSR count). The molecule has 6 heterocycles. The van der Waals surface area contributed by atoms with Crippen LogP contribution in [0.3, 0.4) is 0 Å². The molecule has 0 fully saturated rings. The molecule has 0 N–H and O–H groups in total. The fraction of sp³-hybridized carbons (Fsp3) is 0.304. The van der Waals surface area contributed by atoms with Crippen molar-refractivity contribution in [3.05, 3.63) is 132 Å². The largest absolute Gasteiger partial charge is 0.411 e. The molecule has 0 saturated heterocycles. The lowest BCUT2D eigenvalue weighted by Crippen LogP contribution is -2.40. The molecule has 2 aromatic carbocycles. The highest BCUT2D eigenvalue weighted by molar-refractivity contribution is 6.74. The maximum Gasteiger partial charge on any atom is 0.222 e. The molecule has 0 bridgehead atoms. The molecule has 62 heavy (non-hydrogen) atoms. The van der Waals surface area contributed by atoms with Crippen LogP contribution in [0.2, 0.25) is 46.8 Å². The van der Waals surface area contributed by atoms with Crippen LogP contribution >= 0.6 is 23.2 Å². The van der Waals surface area contributed by atoms with Crippen molar-refractivity contribution in [3.63, 3.8) is 0 Å². The van der Waals surface area contributed by atoms with E-state index in [4.69, 9.17) is 42.0 Å². The Morgan fingerprint density at radius 1 is 0.532 bits per heavy atom. The number of benzene rings is 2. The van der Waals surface area contributed by atoms with E-state index in [1.165, 1.54) is 0 Å². The molecule has 0 aliphatic carbocycles. The van der Waals surface area contributed by atoms with Crippen LogP contribution in [-0.2, 0) is 22.1 Å². The molecule has 0 unspecified atom stereocenters. The lowest BCUT2D eigenvalue weighted by molar-refractivity contribution is 0.272. The molecule has 8 aromatic rings. The van der Waals surface area contributed by atoms with Gasteiger partial charge in [0, 0.05) is 34.3 Å². The third kappa shape index (κ3) is 10.2. The van der Waals surface area contributed by atoms with Gasteiger partial charge in [-0.2, -0.15) is 10.2 Å². The fourth-order valence-electron chi connectivity index (χ4n) is 5.98. The summed E-state index contributed by atoms with van der Waals surface area (Å²) >= 11 is 11.9. The number of halogens is 2. The third-order valence-corrected chi connectivity index (χ3v) is 21.1.